The minimum atomic E-state index is -1.20. The van der Waals surface area contributed by atoms with Crippen molar-refractivity contribution >= 4 is 0 Å². The fourth-order valence-electron chi connectivity index (χ4n) is 3.08. The van der Waals surface area contributed by atoms with Crippen molar-refractivity contribution in [3.8, 4) is 11.6 Å². The maximum absolute atomic E-state index is 13.9. The average Bonchev–Trinajstić information content (AvgIpc) is 3.17. The van der Waals surface area contributed by atoms with Gasteiger partial charge in [-0.1, -0.05) is 0 Å². The quantitative estimate of drug-likeness (QED) is 0.729. The second-order valence-corrected chi connectivity index (χ2v) is 6.10. The molecule has 1 aliphatic rings. The normalized spacial score (nSPS) is 14.4. The number of aromatic nitrogens is 2. The summed E-state index contributed by atoms with van der Waals surface area (Å²) in [5.74, 6) is -2.31. The highest BCUT2D eigenvalue weighted by atomic mass is 19.2. The SMILES string of the molecule is O=c1[nH]c(-c2ccco2)nc2c1CN(Cc1c(F)ccc(F)c1F)CC2. The van der Waals surface area contributed by atoms with Gasteiger partial charge in [-0.25, -0.2) is 18.2 Å². The molecule has 0 saturated carbocycles. The summed E-state index contributed by atoms with van der Waals surface area (Å²) < 4.78 is 46.3. The van der Waals surface area contributed by atoms with Crippen molar-refractivity contribution in [2.75, 3.05) is 6.54 Å². The fourth-order valence-corrected chi connectivity index (χ4v) is 3.08. The number of hydrogen-bond donors (Lipinski definition) is 1. The number of aromatic amines is 1. The molecule has 0 bridgehead atoms. The lowest BCUT2D eigenvalue weighted by Crippen LogP contribution is -2.36. The summed E-state index contributed by atoms with van der Waals surface area (Å²) >= 11 is 0. The molecular formula is C18H14F3N3O2. The average molecular weight is 361 g/mol. The first-order valence-corrected chi connectivity index (χ1v) is 8.03. The topological polar surface area (TPSA) is 62.1 Å². The number of nitrogens with zero attached hydrogens (tertiary/aromatic N) is 2. The molecule has 1 aromatic carbocycles. The molecular weight excluding hydrogens is 347 g/mol. The second kappa shape index (κ2) is 6.45. The van der Waals surface area contributed by atoms with Crippen molar-refractivity contribution in [2.24, 2.45) is 0 Å². The van der Waals surface area contributed by atoms with Gasteiger partial charge in [0.1, 0.15) is 5.82 Å². The van der Waals surface area contributed by atoms with Gasteiger partial charge in [0.05, 0.1) is 17.5 Å². The zero-order valence-corrected chi connectivity index (χ0v) is 13.6. The summed E-state index contributed by atoms with van der Waals surface area (Å²) in [6.45, 7) is 0.482. The number of furan rings is 1. The van der Waals surface area contributed by atoms with Crippen LogP contribution in [0.3, 0.4) is 0 Å². The van der Waals surface area contributed by atoms with Crippen LogP contribution < -0.4 is 5.56 Å². The molecule has 0 aliphatic carbocycles. The maximum atomic E-state index is 13.9. The lowest BCUT2D eigenvalue weighted by atomic mass is 10.1. The molecule has 0 saturated heterocycles. The molecule has 0 amide bonds. The minimum absolute atomic E-state index is 0.131. The third kappa shape index (κ3) is 2.92. The van der Waals surface area contributed by atoms with Crippen molar-refractivity contribution in [3.63, 3.8) is 0 Å². The summed E-state index contributed by atoms with van der Waals surface area (Å²) in [6.07, 6.45) is 1.92. The van der Waals surface area contributed by atoms with Gasteiger partial charge < -0.3 is 9.40 Å². The van der Waals surface area contributed by atoms with Gasteiger partial charge in [0.15, 0.2) is 23.2 Å². The standard InChI is InChI=1S/C18H14F3N3O2/c19-12-3-4-13(20)16(21)10(12)8-24-6-5-14-11(9-24)18(25)23-17(22-14)15-2-1-7-26-15/h1-4,7H,5-6,8-9H2,(H,22,23,25). The Labute approximate surface area is 146 Å². The lowest BCUT2D eigenvalue weighted by Gasteiger charge is -2.27. The molecule has 0 spiro atoms. The number of rotatable bonds is 3. The number of H-pyrrole nitrogens is 1. The highest BCUT2D eigenvalue weighted by molar-refractivity contribution is 5.47. The summed E-state index contributed by atoms with van der Waals surface area (Å²) in [6, 6.07) is 5.04. The number of fused-ring (bicyclic) bond motifs is 1. The van der Waals surface area contributed by atoms with E-state index in [1.54, 1.807) is 17.0 Å². The smallest absolute Gasteiger partial charge is 0.256 e. The van der Waals surface area contributed by atoms with Crippen LogP contribution >= 0.6 is 0 Å². The van der Waals surface area contributed by atoms with Crippen molar-refractivity contribution in [1.29, 1.82) is 0 Å². The van der Waals surface area contributed by atoms with E-state index >= 15 is 0 Å². The Morgan fingerprint density at radius 1 is 1.19 bits per heavy atom. The van der Waals surface area contributed by atoms with E-state index in [9.17, 15) is 18.0 Å². The zero-order chi connectivity index (χ0) is 18.3. The monoisotopic (exact) mass is 361 g/mol. The molecule has 0 atom stereocenters. The molecule has 134 valence electrons. The molecule has 8 heteroatoms. The molecule has 0 unspecified atom stereocenters. The number of benzene rings is 1. The van der Waals surface area contributed by atoms with E-state index in [0.29, 0.717) is 35.8 Å². The van der Waals surface area contributed by atoms with Crippen LogP contribution in [0.4, 0.5) is 13.2 Å². The van der Waals surface area contributed by atoms with Crippen LogP contribution in [0.1, 0.15) is 16.8 Å². The van der Waals surface area contributed by atoms with E-state index in [2.05, 4.69) is 9.97 Å². The van der Waals surface area contributed by atoms with Crippen molar-refractivity contribution in [1.82, 2.24) is 14.9 Å². The van der Waals surface area contributed by atoms with E-state index in [1.165, 1.54) is 6.26 Å². The van der Waals surface area contributed by atoms with Crippen LogP contribution in [0.15, 0.2) is 39.7 Å². The lowest BCUT2D eigenvalue weighted by molar-refractivity contribution is 0.233. The Bertz CT molecular complexity index is 1020. The number of halogens is 3. The van der Waals surface area contributed by atoms with Gasteiger partial charge in [0.2, 0.25) is 0 Å². The van der Waals surface area contributed by atoms with Gasteiger partial charge in [-0.2, -0.15) is 0 Å². The Morgan fingerprint density at radius 2 is 2.00 bits per heavy atom. The van der Waals surface area contributed by atoms with Crippen LogP contribution in [0.25, 0.3) is 11.6 Å². The molecule has 0 radical (unpaired) electrons. The molecule has 1 N–H and O–H groups in total. The largest absolute Gasteiger partial charge is 0.461 e. The zero-order valence-electron chi connectivity index (χ0n) is 13.6. The van der Waals surface area contributed by atoms with Crippen LogP contribution in [-0.2, 0) is 19.5 Å². The maximum Gasteiger partial charge on any atom is 0.256 e. The van der Waals surface area contributed by atoms with Crippen LogP contribution in [0.2, 0.25) is 0 Å². The van der Waals surface area contributed by atoms with E-state index < -0.39 is 17.5 Å². The van der Waals surface area contributed by atoms with Gasteiger partial charge in [0.25, 0.3) is 5.56 Å². The predicted molar refractivity (Wildman–Crippen MR) is 86.7 cm³/mol. The third-order valence-electron chi connectivity index (χ3n) is 4.42. The highest BCUT2D eigenvalue weighted by Gasteiger charge is 2.24. The first kappa shape index (κ1) is 16.6. The number of nitrogens with one attached hydrogen (secondary N) is 1. The summed E-state index contributed by atoms with van der Waals surface area (Å²) in [4.78, 5) is 21.2. The first-order valence-electron chi connectivity index (χ1n) is 8.03. The number of hydrogen-bond acceptors (Lipinski definition) is 4. The minimum Gasteiger partial charge on any atom is -0.461 e. The van der Waals surface area contributed by atoms with Gasteiger partial charge in [0, 0.05) is 31.6 Å². The molecule has 26 heavy (non-hydrogen) atoms. The highest BCUT2D eigenvalue weighted by Crippen LogP contribution is 2.23. The van der Waals surface area contributed by atoms with Crippen molar-refractivity contribution < 1.29 is 17.6 Å². The molecule has 5 nitrogen and oxygen atoms in total. The third-order valence-corrected chi connectivity index (χ3v) is 4.42. The van der Waals surface area contributed by atoms with Crippen LogP contribution in [0.5, 0.6) is 0 Å². The molecule has 4 rings (SSSR count). The van der Waals surface area contributed by atoms with E-state index in [-0.39, 0.29) is 24.2 Å². The van der Waals surface area contributed by atoms with Gasteiger partial charge >= 0.3 is 0 Å². The Morgan fingerprint density at radius 3 is 2.77 bits per heavy atom. The summed E-state index contributed by atoms with van der Waals surface area (Å²) in [7, 11) is 0. The molecule has 1 aliphatic heterocycles. The first-order chi connectivity index (χ1) is 12.5. The molecule has 0 fully saturated rings. The van der Waals surface area contributed by atoms with E-state index in [0.717, 1.165) is 12.1 Å². The Balaban J connectivity index is 1.61. The van der Waals surface area contributed by atoms with Crippen LogP contribution in [-0.4, -0.2) is 21.4 Å². The van der Waals surface area contributed by atoms with Gasteiger partial charge in [-0.3, -0.25) is 9.69 Å². The van der Waals surface area contributed by atoms with Crippen molar-refractivity contribution in [3.05, 3.63) is 75.2 Å². The van der Waals surface area contributed by atoms with Crippen molar-refractivity contribution in [2.45, 2.75) is 19.5 Å². The summed E-state index contributed by atoms with van der Waals surface area (Å²) in [5, 5.41) is 0. The second-order valence-electron chi connectivity index (χ2n) is 6.10. The Kier molecular flexibility index (Phi) is 4.12. The van der Waals surface area contributed by atoms with Gasteiger partial charge in [-0.15, -0.1) is 0 Å². The Hall–Kier alpha value is -2.87. The molecule has 3 heterocycles. The molecule has 3 aromatic rings. The van der Waals surface area contributed by atoms with E-state index in [4.69, 9.17) is 4.42 Å². The van der Waals surface area contributed by atoms with Gasteiger partial charge in [-0.05, 0) is 24.3 Å². The van der Waals surface area contributed by atoms with E-state index in [1.807, 2.05) is 0 Å². The summed E-state index contributed by atoms with van der Waals surface area (Å²) in [5.41, 5.74) is 0.386. The predicted octanol–water partition coefficient (Wildman–Crippen LogP) is 3.01. The fraction of sp³-hybridized carbons (Fsp3) is 0.222. The van der Waals surface area contributed by atoms with Crippen LogP contribution in [0, 0.1) is 17.5 Å². The molecule has 2 aromatic heterocycles.